The highest BCUT2D eigenvalue weighted by Gasteiger charge is 2.14. The van der Waals surface area contributed by atoms with Crippen molar-refractivity contribution in [2.75, 3.05) is 7.11 Å². The predicted octanol–water partition coefficient (Wildman–Crippen LogP) is -1.46. The fourth-order valence-corrected chi connectivity index (χ4v) is 1.66. The van der Waals surface area contributed by atoms with E-state index in [1.807, 2.05) is 0 Å². The number of rotatable bonds is 3. The number of hydroxylamine groups is 1. The van der Waals surface area contributed by atoms with Crippen LogP contribution < -0.4 is 16.7 Å². The highest BCUT2D eigenvalue weighted by molar-refractivity contribution is 5.69. The number of hydrogen-bond donors (Lipinski definition) is 1. The molecular weight excluding hydrogens is 226 g/mol. The van der Waals surface area contributed by atoms with Crippen molar-refractivity contribution in [3.05, 3.63) is 27.2 Å². The van der Waals surface area contributed by atoms with E-state index in [1.54, 1.807) is 18.7 Å². The Labute approximate surface area is 96.0 Å². The van der Waals surface area contributed by atoms with E-state index < -0.39 is 11.2 Å². The van der Waals surface area contributed by atoms with Gasteiger partial charge < -0.3 is 9.40 Å². The Balaban J connectivity index is 2.80. The Morgan fingerprint density at radius 1 is 1.41 bits per heavy atom. The van der Waals surface area contributed by atoms with Crippen LogP contribution in [0.5, 0.6) is 0 Å². The lowest BCUT2D eigenvalue weighted by atomic mass is 10.5. The molecule has 0 aromatic carbocycles. The summed E-state index contributed by atoms with van der Waals surface area (Å²) in [5, 5.41) is 0. The van der Waals surface area contributed by atoms with Crippen LogP contribution in [0.25, 0.3) is 11.2 Å². The van der Waals surface area contributed by atoms with Gasteiger partial charge in [0.2, 0.25) is 0 Å². The lowest BCUT2D eigenvalue weighted by molar-refractivity contribution is 0.0682. The summed E-state index contributed by atoms with van der Waals surface area (Å²) in [6, 6.07) is 0. The number of nitrogens with one attached hydrogen (secondary N) is 1. The molecule has 2 aromatic heterocycles. The zero-order valence-electron chi connectivity index (χ0n) is 9.80. The van der Waals surface area contributed by atoms with Crippen molar-refractivity contribution >= 4 is 11.2 Å². The monoisotopic (exact) mass is 239 g/mol. The molecule has 2 heterocycles. The van der Waals surface area contributed by atoms with Crippen LogP contribution in [0.2, 0.25) is 0 Å². The molecule has 0 aliphatic rings. The second-order valence-electron chi connectivity index (χ2n) is 3.61. The minimum absolute atomic E-state index is 0.0108. The quantitative estimate of drug-likeness (QED) is 0.662. The zero-order valence-corrected chi connectivity index (χ0v) is 9.80. The molecule has 92 valence electrons. The second kappa shape index (κ2) is 4.15. The topological polar surface area (TPSA) is 83.1 Å². The molecular formula is C9H13N5O3. The van der Waals surface area contributed by atoms with Crippen molar-refractivity contribution in [1.82, 2.24) is 24.2 Å². The van der Waals surface area contributed by atoms with Gasteiger partial charge in [-0.05, 0) is 0 Å². The molecule has 0 unspecified atom stereocenters. The van der Waals surface area contributed by atoms with E-state index >= 15 is 0 Å². The molecule has 0 saturated heterocycles. The Hall–Kier alpha value is -1.93. The third kappa shape index (κ3) is 1.67. The lowest BCUT2D eigenvalue weighted by Crippen LogP contribution is -2.42. The van der Waals surface area contributed by atoms with Crippen molar-refractivity contribution in [3.8, 4) is 0 Å². The zero-order chi connectivity index (χ0) is 12.6. The molecule has 0 bridgehead atoms. The third-order valence-electron chi connectivity index (χ3n) is 2.57. The number of imidazole rings is 1. The minimum atomic E-state index is -0.439. The van der Waals surface area contributed by atoms with Gasteiger partial charge in [-0.2, -0.15) is 5.48 Å². The summed E-state index contributed by atoms with van der Waals surface area (Å²) in [5.41, 5.74) is 2.39. The van der Waals surface area contributed by atoms with E-state index in [0.29, 0.717) is 11.2 Å². The summed E-state index contributed by atoms with van der Waals surface area (Å²) < 4.78 is 3.96. The minimum Gasteiger partial charge on any atom is -0.328 e. The van der Waals surface area contributed by atoms with Gasteiger partial charge in [-0.3, -0.25) is 9.36 Å². The van der Waals surface area contributed by atoms with Crippen molar-refractivity contribution in [2.24, 2.45) is 14.1 Å². The average Bonchev–Trinajstić information content (AvgIpc) is 2.69. The number of hydrogen-bond acceptors (Lipinski definition) is 5. The maximum atomic E-state index is 12.1. The number of nitrogens with zero attached hydrogens (tertiary/aromatic N) is 4. The Kier molecular flexibility index (Phi) is 2.82. The van der Waals surface area contributed by atoms with Crippen LogP contribution in [0.4, 0.5) is 0 Å². The summed E-state index contributed by atoms with van der Waals surface area (Å²) in [7, 11) is 4.69. The van der Waals surface area contributed by atoms with Gasteiger partial charge in [0, 0.05) is 14.1 Å². The maximum Gasteiger partial charge on any atom is 0.333 e. The maximum absolute atomic E-state index is 12.1. The number of aryl methyl sites for hydroxylation is 2. The summed E-state index contributed by atoms with van der Waals surface area (Å²) >= 11 is 0. The number of fused-ring (bicyclic) bond motifs is 1. The van der Waals surface area contributed by atoms with Crippen molar-refractivity contribution < 1.29 is 4.84 Å². The standard InChI is InChI=1S/C9H13N5O3/c1-12-4-10-7-6(12)8(15)14(5-11-17-3)9(16)13(7)2/h4,11H,5H2,1-3H3. The molecule has 1 N–H and O–H groups in total. The van der Waals surface area contributed by atoms with E-state index in [9.17, 15) is 9.59 Å². The Bertz CT molecular complexity index is 666. The van der Waals surface area contributed by atoms with E-state index in [0.717, 1.165) is 4.57 Å². The highest BCUT2D eigenvalue weighted by Crippen LogP contribution is 2.02. The van der Waals surface area contributed by atoms with Crippen LogP contribution in [-0.2, 0) is 25.6 Å². The largest absolute Gasteiger partial charge is 0.333 e. The summed E-state index contributed by atoms with van der Waals surface area (Å²) in [4.78, 5) is 32.6. The van der Waals surface area contributed by atoms with Crippen molar-refractivity contribution in [3.63, 3.8) is 0 Å². The Morgan fingerprint density at radius 2 is 2.12 bits per heavy atom. The van der Waals surface area contributed by atoms with Gasteiger partial charge in [-0.15, -0.1) is 0 Å². The summed E-state index contributed by atoms with van der Waals surface area (Å²) in [6.07, 6.45) is 1.50. The predicted molar refractivity (Wildman–Crippen MR) is 60.4 cm³/mol. The first-order valence-corrected chi connectivity index (χ1v) is 4.94. The Morgan fingerprint density at radius 3 is 2.76 bits per heavy atom. The molecule has 8 nitrogen and oxygen atoms in total. The van der Waals surface area contributed by atoms with Gasteiger partial charge in [0.25, 0.3) is 5.56 Å². The van der Waals surface area contributed by atoms with Gasteiger partial charge in [-0.25, -0.2) is 14.3 Å². The third-order valence-corrected chi connectivity index (χ3v) is 2.57. The molecule has 0 aliphatic heterocycles. The van der Waals surface area contributed by atoms with E-state index in [2.05, 4.69) is 15.3 Å². The second-order valence-corrected chi connectivity index (χ2v) is 3.61. The summed E-state index contributed by atoms with van der Waals surface area (Å²) in [5.74, 6) is 0. The molecule has 0 spiro atoms. The molecule has 0 amide bonds. The van der Waals surface area contributed by atoms with Gasteiger partial charge in [0.05, 0.1) is 13.4 Å². The van der Waals surface area contributed by atoms with E-state index in [-0.39, 0.29) is 6.67 Å². The van der Waals surface area contributed by atoms with Gasteiger partial charge in [0.1, 0.15) is 6.67 Å². The molecule has 0 atom stereocenters. The number of aromatic nitrogens is 4. The van der Waals surface area contributed by atoms with Crippen LogP contribution in [0.15, 0.2) is 15.9 Å². The molecule has 0 fully saturated rings. The van der Waals surface area contributed by atoms with Crippen LogP contribution in [0.3, 0.4) is 0 Å². The molecule has 8 heteroatoms. The van der Waals surface area contributed by atoms with E-state index in [1.165, 1.54) is 18.0 Å². The van der Waals surface area contributed by atoms with Crippen LogP contribution in [-0.4, -0.2) is 25.8 Å². The SMILES string of the molecule is CONCn1c(=O)c2c(ncn2C)n(C)c1=O. The van der Waals surface area contributed by atoms with Crippen molar-refractivity contribution in [2.45, 2.75) is 6.67 Å². The molecule has 2 rings (SSSR count). The fourth-order valence-electron chi connectivity index (χ4n) is 1.66. The normalized spacial score (nSPS) is 11.2. The van der Waals surface area contributed by atoms with Crippen LogP contribution in [0, 0.1) is 0 Å². The van der Waals surface area contributed by atoms with Gasteiger partial charge >= 0.3 is 5.69 Å². The van der Waals surface area contributed by atoms with Gasteiger partial charge in [0.15, 0.2) is 11.2 Å². The highest BCUT2D eigenvalue weighted by atomic mass is 16.6. The molecule has 2 aromatic rings. The first-order chi connectivity index (χ1) is 8.07. The molecule has 17 heavy (non-hydrogen) atoms. The van der Waals surface area contributed by atoms with Crippen molar-refractivity contribution in [1.29, 1.82) is 0 Å². The van der Waals surface area contributed by atoms with Crippen LogP contribution >= 0.6 is 0 Å². The molecule has 0 aliphatic carbocycles. The molecule has 0 saturated carbocycles. The van der Waals surface area contributed by atoms with E-state index in [4.69, 9.17) is 0 Å². The first-order valence-electron chi connectivity index (χ1n) is 4.94. The first kappa shape index (κ1) is 11.6. The summed E-state index contributed by atoms with van der Waals surface area (Å²) in [6.45, 7) is -0.0108. The molecule has 0 radical (unpaired) electrons. The smallest absolute Gasteiger partial charge is 0.328 e. The van der Waals surface area contributed by atoms with Gasteiger partial charge in [-0.1, -0.05) is 0 Å². The lowest BCUT2D eigenvalue weighted by Gasteiger charge is -2.08. The fraction of sp³-hybridized carbons (Fsp3) is 0.444. The van der Waals surface area contributed by atoms with Crippen LogP contribution in [0.1, 0.15) is 0 Å². The average molecular weight is 239 g/mol.